The molecule has 6 nitrogen and oxygen atoms in total. The fourth-order valence-electron chi connectivity index (χ4n) is 3.75. The molecule has 1 aliphatic heterocycles. The lowest BCUT2D eigenvalue weighted by atomic mass is 10.1. The lowest BCUT2D eigenvalue weighted by Crippen LogP contribution is -2.32. The Labute approximate surface area is 220 Å². The number of carbonyl (C=O) groups excluding carboxylic acids is 1. The van der Waals surface area contributed by atoms with Gasteiger partial charge in [0, 0.05) is 11.8 Å². The maximum absolute atomic E-state index is 13.8. The van der Waals surface area contributed by atoms with E-state index < -0.39 is 0 Å². The third-order valence-electron chi connectivity index (χ3n) is 5.40. The van der Waals surface area contributed by atoms with Crippen LogP contribution in [0.15, 0.2) is 85.1 Å². The van der Waals surface area contributed by atoms with Crippen LogP contribution in [0.2, 0.25) is 5.02 Å². The SMILES string of the molecule is C=CCOc1cc(Cl)c(C=C2C(=O)N(c3ccccc3)C(=S)N2c2ccc(OC)cc2)cc1OCC. The largest absolute Gasteiger partial charge is 0.497 e. The van der Waals surface area contributed by atoms with Crippen LogP contribution in [-0.4, -0.2) is 31.3 Å². The zero-order chi connectivity index (χ0) is 25.7. The molecule has 4 rings (SSSR count). The molecule has 184 valence electrons. The molecule has 0 bridgehead atoms. The molecule has 3 aromatic carbocycles. The molecular weight excluding hydrogens is 496 g/mol. The molecule has 36 heavy (non-hydrogen) atoms. The fraction of sp³-hybridized carbons (Fsp3) is 0.143. The summed E-state index contributed by atoms with van der Waals surface area (Å²) >= 11 is 12.4. The van der Waals surface area contributed by atoms with Gasteiger partial charge in [0.15, 0.2) is 16.6 Å². The molecule has 0 saturated carbocycles. The van der Waals surface area contributed by atoms with Gasteiger partial charge in [-0.05, 0) is 73.2 Å². The second-order valence-electron chi connectivity index (χ2n) is 7.67. The molecule has 0 aliphatic carbocycles. The molecule has 1 fully saturated rings. The third-order valence-corrected chi connectivity index (χ3v) is 6.09. The number of thiocarbonyl (C=S) groups is 1. The summed E-state index contributed by atoms with van der Waals surface area (Å²) in [5.74, 6) is 1.43. The Balaban J connectivity index is 1.84. The van der Waals surface area contributed by atoms with Crippen LogP contribution >= 0.6 is 23.8 Å². The van der Waals surface area contributed by atoms with E-state index in [4.69, 9.17) is 38.0 Å². The minimum Gasteiger partial charge on any atom is -0.497 e. The first kappa shape index (κ1) is 25.3. The van der Waals surface area contributed by atoms with Gasteiger partial charge in [-0.1, -0.05) is 42.5 Å². The number of hydrogen-bond acceptors (Lipinski definition) is 5. The summed E-state index contributed by atoms with van der Waals surface area (Å²) in [5.41, 5.74) is 2.32. The summed E-state index contributed by atoms with van der Waals surface area (Å²) in [6, 6.07) is 20.0. The summed E-state index contributed by atoms with van der Waals surface area (Å²) in [5, 5.41) is 0.728. The highest BCUT2D eigenvalue weighted by Gasteiger charge is 2.40. The molecule has 8 heteroatoms. The maximum Gasteiger partial charge on any atom is 0.281 e. The van der Waals surface area contributed by atoms with Crippen molar-refractivity contribution in [1.29, 1.82) is 0 Å². The van der Waals surface area contributed by atoms with E-state index >= 15 is 0 Å². The highest BCUT2D eigenvalue weighted by atomic mass is 35.5. The molecule has 0 aromatic heterocycles. The van der Waals surface area contributed by atoms with Crippen LogP contribution < -0.4 is 24.0 Å². The molecule has 0 radical (unpaired) electrons. The first-order valence-electron chi connectivity index (χ1n) is 11.3. The van der Waals surface area contributed by atoms with Crippen molar-refractivity contribution in [2.45, 2.75) is 6.92 Å². The molecule has 0 atom stereocenters. The first-order valence-corrected chi connectivity index (χ1v) is 12.1. The van der Waals surface area contributed by atoms with Crippen molar-refractivity contribution < 1.29 is 19.0 Å². The molecule has 0 unspecified atom stereocenters. The Morgan fingerprint density at radius 2 is 1.64 bits per heavy atom. The van der Waals surface area contributed by atoms with Crippen LogP contribution in [0, 0.1) is 0 Å². The smallest absolute Gasteiger partial charge is 0.281 e. The van der Waals surface area contributed by atoms with Crippen LogP contribution in [0.1, 0.15) is 12.5 Å². The Morgan fingerprint density at radius 3 is 2.28 bits per heavy atom. The third kappa shape index (κ3) is 5.08. The van der Waals surface area contributed by atoms with Gasteiger partial charge in [0.1, 0.15) is 18.1 Å². The number of para-hydroxylation sites is 1. The van der Waals surface area contributed by atoms with Crippen LogP contribution in [0.5, 0.6) is 17.2 Å². The van der Waals surface area contributed by atoms with Gasteiger partial charge in [-0.15, -0.1) is 0 Å². The topological polar surface area (TPSA) is 51.2 Å². The highest BCUT2D eigenvalue weighted by molar-refractivity contribution is 7.81. The number of amides is 1. The number of carbonyl (C=O) groups is 1. The first-order chi connectivity index (χ1) is 17.5. The highest BCUT2D eigenvalue weighted by Crippen LogP contribution is 2.38. The van der Waals surface area contributed by atoms with Gasteiger partial charge in [0.05, 0.1) is 24.4 Å². The van der Waals surface area contributed by atoms with E-state index in [2.05, 4.69) is 6.58 Å². The summed E-state index contributed by atoms with van der Waals surface area (Å²) in [6.07, 6.45) is 3.35. The molecule has 0 N–H and O–H groups in total. The lowest BCUT2D eigenvalue weighted by molar-refractivity contribution is -0.113. The number of ether oxygens (including phenoxy) is 3. The molecule has 1 aliphatic rings. The number of anilines is 2. The van der Waals surface area contributed by atoms with Gasteiger partial charge in [0.25, 0.3) is 5.91 Å². The van der Waals surface area contributed by atoms with E-state index in [1.807, 2.05) is 61.5 Å². The normalized spacial score (nSPS) is 14.4. The van der Waals surface area contributed by atoms with Gasteiger partial charge in [-0.2, -0.15) is 0 Å². The van der Waals surface area contributed by atoms with Crippen molar-refractivity contribution >= 4 is 52.3 Å². The van der Waals surface area contributed by atoms with E-state index in [1.165, 1.54) is 4.90 Å². The van der Waals surface area contributed by atoms with E-state index in [-0.39, 0.29) is 5.91 Å². The van der Waals surface area contributed by atoms with E-state index in [0.717, 1.165) is 0 Å². The number of halogens is 1. The second kappa shape index (κ2) is 11.3. The Bertz CT molecular complexity index is 1310. The monoisotopic (exact) mass is 520 g/mol. The maximum atomic E-state index is 13.8. The Kier molecular flexibility index (Phi) is 7.93. The van der Waals surface area contributed by atoms with Crippen LogP contribution in [-0.2, 0) is 4.79 Å². The lowest BCUT2D eigenvalue weighted by Gasteiger charge is -2.21. The standard InChI is InChI=1S/C28H25ClN2O4S/c1-4-15-35-26-18-23(29)19(17-25(26)34-5-2)16-24-27(32)31(20-9-7-6-8-10-20)28(36)30(24)21-11-13-22(33-3)14-12-21/h4,6-14,16-18H,1,5,15H2,2-3H3. The molecule has 0 spiro atoms. The predicted molar refractivity (Wildman–Crippen MR) is 148 cm³/mol. The number of rotatable bonds is 9. The summed E-state index contributed by atoms with van der Waals surface area (Å²) in [7, 11) is 1.60. The van der Waals surface area contributed by atoms with Crippen LogP contribution in [0.25, 0.3) is 6.08 Å². The minimum absolute atomic E-state index is 0.275. The van der Waals surface area contributed by atoms with Crippen molar-refractivity contribution in [2.24, 2.45) is 0 Å². The average Bonchev–Trinajstić information content (AvgIpc) is 3.14. The molecular formula is C28H25ClN2O4S. The van der Waals surface area contributed by atoms with Crippen molar-refractivity contribution in [3.05, 3.63) is 95.7 Å². The number of benzene rings is 3. The van der Waals surface area contributed by atoms with E-state index in [9.17, 15) is 4.79 Å². The van der Waals surface area contributed by atoms with Gasteiger partial charge >= 0.3 is 0 Å². The minimum atomic E-state index is -0.275. The number of methoxy groups -OCH3 is 1. The average molecular weight is 521 g/mol. The Hall–Kier alpha value is -3.81. The number of nitrogens with zero attached hydrogens (tertiary/aromatic N) is 2. The molecule has 1 amide bonds. The van der Waals surface area contributed by atoms with Crippen molar-refractivity contribution in [1.82, 2.24) is 0 Å². The van der Waals surface area contributed by atoms with Gasteiger partial charge in [0.2, 0.25) is 0 Å². The van der Waals surface area contributed by atoms with Gasteiger partial charge in [-0.3, -0.25) is 14.6 Å². The zero-order valence-corrected chi connectivity index (χ0v) is 21.5. The summed E-state index contributed by atoms with van der Waals surface area (Å²) in [4.78, 5) is 17.0. The van der Waals surface area contributed by atoms with E-state index in [0.29, 0.717) is 63.2 Å². The zero-order valence-electron chi connectivity index (χ0n) is 19.9. The predicted octanol–water partition coefficient (Wildman–Crippen LogP) is 6.49. The molecule has 1 heterocycles. The van der Waals surface area contributed by atoms with E-state index in [1.54, 1.807) is 36.3 Å². The Morgan fingerprint density at radius 1 is 0.972 bits per heavy atom. The van der Waals surface area contributed by atoms with Crippen LogP contribution in [0.4, 0.5) is 11.4 Å². The quantitative estimate of drug-likeness (QED) is 0.182. The van der Waals surface area contributed by atoms with Crippen LogP contribution in [0.3, 0.4) is 0 Å². The second-order valence-corrected chi connectivity index (χ2v) is 8.45. The van der Waals surface area contributed by atoms with Gasteiger partial charge in [-0.25, -0.2) is 0 Å². The summed E-state index contributed by atoms with van der Waals surface area (Å²) in [6.45, 7) is 6.30. The number of hydrogen-bond donors (Lipinski definition) is 0. The summed E-state index contributed by atoms with van der Waals surface area (Å²) < 4.78 is 16.8. The van der Waals surface area contributed by atoms with Crippen molar-refractivity contribution in [2.75, 3.05) is 30.1 Å². The fourth-order valence-corrected chi connectivity index (χ4v) is 4.35. The van der Waals surface area contributed by atoms with Crippen molar-refractivity contribution in [3.63, 3.8) is 0 Å². The van der Waals surface area contributed by atoms with Crippen molar-refractivity contribution in [3.8, 4) is 17.2 Å². The molecule has 1 saturated heterocycles. The van der Waals surface area contributed by atoms with Gasteiger partial charge < -0.3 is 14.2 Å². The molecule has 3 aromatic rings.